The Bertz CT molecular complexity index is 265. The van der Waals surface area contributed by atoms with Crippen molar-refractivity contribution in [3.05, 3.63) is 22.3 Å². The Balaban J connectivity index is 0.00000106. The van der Waals surface area contributed by atoms with Crippen molar-refractivity contribution in [2.45, 2.75) is 54.9 Å². The van der Waals surface area contributed by atoms with Crippen LogP contribution in [0.5, 0.6) is 0 Å². The first-order chi connectivity index (χ1) is 7.54. The standard InChI is InChI=1S/C13H22O.C2H6/c1-9(2)11(5)12-6-7-14-8-13(12)10(3)4;1-2/h9H,6-8H2,1-5H3;1-2H3/b12-11+;. The molecule has 0 saturated carbocycles. The van der Waals surface area contributed by atoms with Gasteiger partial charge in [-0.15, -0.1) is 0 Å². The fourth-order valence-electron chi connectivity index (χ4n) is 1.82. The number of ether oxygens (including phenoxy) is 1. The molecule has 1 heterocycles. The van der Waals surface area contributed by atoms with Gasteiger partial charge in [-0.3, -0.25) is 0 Å². The first kappa shape index (κ1) is 15.4. The maximum Gasteiger partial charge on any atom is 0.0719 e. The summed E-state index contributed by atoms with van der Waals surface area (Å²) < 4.78 is 5.51. The van der Waals surface area contributed by atoms with E-state index in [0.717, 1.165) is 19.6 Å². The Labute approximate surface area is 102 Å². The summed E-state index contributed by atoms with van der Waals surface area (Å²) in [5.41, 5.74) is 5.91. The zero-order valence-corrected chi connectivity index (χ0v) is 12.1. The van der Waals surface area contributed by atoms with Gasteiger partial charge >= 0.3 is 0 Å². The van der Waals surface area contributed by atoms with Crippen molar-refractivity contribution < 1.29 is 4.74 Å². The highest BCUT2D eigenvalue weighted by atomic mass is 16.5. The lowest BCUT2D eigenvalue weighted by molar-refractivity contribution is 0.144. The maximum atomic E-state index is 5.51. The van der Waals surface area contributed by atoms with E-state index in [1.807, 2.05) is 13.8 Å². The average molecular weight is 224 g/mol. The van der Waals surface area contributed by atoms with Crippen molar-refractivity contribution in [2.24, 2.45) is 5.92 Å². The second kappa shape index (κ2) is 7.67. The fourth-order valence-corrected chi connectivity index (χ4v) is 1.82. The Kier molecular flexibility index (Phi) is 7.40. The monoisotopic (exact) mass is 224 g/mol. The zero-order valence-electron chi connectivity index (χ0n) is 12.1. The topological polar surface area (TPSA) is 9.23 Å². The molecule has 1 heteroatoms. The van der Waals surface area contributed by atoms with Gasteiger partial charge in [-0.25, -0.2) is 0 Å². The second-order valence-corrected chi connectivity index (χ2v) is 4.60. The highest BCUT2D eigenvalue weighted by molar-refractivity contribution is 5.39. The normalized spacial score (nSPS) is 19.1. The molecule has 0 aromatic carbocycles. The third-order valence-corrected chi connectivity index (χ3v) is 3.05. The molecule has 0 N–H and O–H groups in total. The van der Waals surface area contributed by atoms with E-state index in [2.05, 4.69) is 34.6 Å². The molecule has 0 spiro atoms. The number of hydrogen-bond donors (Lipinski definition) is 0. The maximum absolute atomic E-state index is 5.51. The molecule has 1 rings (SSSR count). The third kappa shape index (κ3) is 4.13. The van der Waals surface area contributed by atoms with Gasteiger partial charge in [-0.1, -0.05) is 38.8 Å². The first-order valence-corrected chi connectivity index (χ1v) is 6.48. The van der Waals surface area contributed by atoms with Crippen LogP contribution in [0.1, 0.15) is 54.9 Å². The van der Waals surface area contributed by atoms with Crippen LogP contribution in [0.3, 0.4) is 0 Å². The Morgan fingerprint density at radius 3 is 2.06 bits per heavy atom. The Hall–Kier alpha value is -0.560. The summed E-state index contributed by atoms with van der Waals surface area (Å²) in [5.74, 6) is 0.650. The van der Waals surface area contributed by atoms with Gasteiger partial charge in [0, 0.05) is 0 Å². The molecular weight excluding hydrogens is 196 g/mol. The fraction of sp³-hybridized carbons (Fsp3) is 0.733. The van der Waals surface area contributed by atoms with Gasteiger partial charge in [0.25, 0.3) is 0 Å². The minimum absolute atomic E-state index is 0.650. The summed E-state index contributed by atoms with van der Waals surface area (Å²) in [7, 11) is 0. The lowest BCUT2D eigenvalue weighted by Crippen LogP contribution is -2.15. The van der Waals surface area contributed by atoms with Crippen LogP contribution in [0.2, 0.25) is 0 Å². The molecular formula is C15H28O. The first-order valence-electron chi connectivity index (χ1n) is 6.48. The molecule has 0 unspecified atom stereocenters. The number of rotatable bonds is 1. The molecule has 0 bridgehead atoms. The summed E-state index contributed by atoms with van der Waals surface area (Å²) in [6, 6.07) is 0. The number of allylic oxidation sites excluding steroid dienone is 2. The highest BCUT2D eigenvalue weighted by Gasteiger charge is 2.16. The van der Waals surface area contributed by atoms with E-state index in [4.69, 9.17) is 4.74 Å². The minimum Gasteiger partial charge on any atom is -0.376 e. The van der Waals surface area contributed by atoms with E-state index >= 15 is 0 Å². The van der Waals surface area contributed by atoms with Crippen LogP contribution in [-0.4, -0.2) is 13.2 Å². The molecule has 1 saturated heterocycles. The van der Waals surface area contributed by atoms with E-state index in [1.54, 1.807) is 5.57 Å². The van der Waals surface area contributed by atoms with Crippen LogP contribution in [0, 0.1) is 5.92 Å². The van der Waals surface area contributed by atoms with E-state index in [1.165, 1.54) is 16.7 Å². The summed E-state index contributed by atoms with van der Waals surface area (Å²) >= 11 is 0. The van der Waals surface area contributed by atoms with E-state index < -0.39 is 0 Å². The van der Waals surface area contributed by atoms with Crippen molar-refractivity contribution in [2.75, 3.05) is 13.2 Å². The van der Waals surface area contributed by atoms with Gasteiger partial charge in [-0.05, 0) is 44.3 Å². The van der Waals surface area contributed by atoms with Crippen LogP contribution >= 0.6 is 0 Å². The average Bonchev–Trinajstić information content (AvgIpc) is 2.30. The molecule has 0 aromatic heterocycles. The summed E-state index contributed by atoms with van der Waals surface area (Å²) in [6.45, 7) is 16.8. The molecule has 1 aliphatic rings. The molecule has 0 radical (unpaired) electrons. The molecule has 16 heavy (non-hydrogen) atoms. The quantitative estimate of drug-likeness (QED) is 0.625. The molecule has 94 valence electrons. The number of hydrogen-bond acceptors (Lipinski definition) is 1. The van der Waals surface area contributed by atoms with Gasteiger partial charge in [0.1, 0.15) is 0 Å². The Morgan fingerprint density at radius 1 is 1.06 bits per heavy atom. The van der Waals surface area contributed by atoms with Gasteiger partial charge in [-0.2, -0.15) is 0 Å². The van der Waals surface area contributed by atoms with Crippen molar-refractivity contribution in [3.8, 4) is 0 Å². The third-order valence-electron chi connectivity index (χ3n) is 3.05. The summed E-state index contributed by atoms with van der Waals surface area (Å²) in [6.07, 6.45) is 1.09. The lowest BCUT2D eigenvalue weighted by atomic mass is 9.89. The van der Waals surface area contributed by atoms with E-state index in [9.17, 15) is 0 Å². The van der Waals surface area contributed by atoms with Crippen LogP contribution in [0.25, 0.3) is 0 Å². The van der Waals surface area contributed by atoms with Gasteiger partial charge < -0.3 is 4.74 Å². The van der Waals surface area contributed by atoms with Gasteiger partial charge in [0.15, 0.2) is 0 Å². The van der Waals surface area contributed by atoms with Gasteiger partial charge in [0.05, 0.1) is 13.2 Å². The van der Waals surface area contributed by atoms with Crippen LogP contribution in [0.4, 0.5) is 0 Å². The summed E-state index contributed by atoms with van der Waals surface area (Å²) in [5, 5.41) is 0. The Morgan fingerprint density at radius 2 is 1.62 bits per heavy atom. The highest BCUT2D eigenvalue weighted by Crippen LogP contribution is 2.29. The van der Waals surface area contributed by atoms with Crippen molar-refractivity contribution >= 4 is 0 Å². The van der Waals surface area contributed by atoms with Crippen LogP contribution in [-0.2, 0) is 4.74 Å². The van der Waals surface area contributed by atoms with Crippen molar-refractivity contribution in [3.63, 3.8) is 0 Å². The summed E-state index contributed by atoms with van der Waals surface area (Å²) in [4.78, 5) is 0. The SMILES string of the molecule is CC.CC(C)=C1COCC/C1=C(/C)C(C)C. The van der Waals surface area contributed by atoms with Crippen LogP contribution < -0.4 is 0 Å². The van der Waals surface area contributed by atoms with Gasteiger partial charge in [0.2, 0.25) is 0 Å². The van der Waals surface area contributed by atoms with E-state index in [0.29, 0.717) is 5.92 Å². The van der Waals surface area contributed by atoms with Crippen LogP contribution in [0.15, 0.2) is 22.3 Å². The largest absolute Gasteiger partial charge is 0.376 e. The zero-order chi connectivity index (χ0) is 12.7. The molecule has 0 amide bonds. The molecule has 1 aliphatic heterocycles. The lowest BCUT2D eigenvalue weighted by Gasteiger charge is -2.24. The molecule has 0 atom stereocenters. The smallest absolute Gasteiger partial charge is 0.0719 e. The minimum atomic E-state index is 0.650. The second-order valence-electron chi connectivity index (χ2n) is 4.60. The molecule has 1 fully saturated rings. The predicted octanol–water partition coefficient (Wildman–Crippen LogP) is 4.74. The predicted molar refractivity (Wildman–Crippen MR) is 72.7 cm³/mol. The molecule has 0 aromatic rings. The van der Waals surface area contributed by atoms with Crippen molar-refractivity contribution in [1.82, 2.24) is 0 Å². The molecule has 1 nitrogen and oxygen atoms in total. The molecule has 0 aliphatic carbocycles. The van der Waals surface area contributed by atoms with E-state index in [-0.39, 0.29) is 0 Å². The van der Waals surface area contributed by atoms with Crippen molar-refractivity contribution in [1.29, 1.82) is 0 Å².